The standard InChI is InChI=1S/C30H27ClN2O5S/c1-36-24-17-12-20(31)18-23(24)33-30(35)28(19-8-5-4-6-9-19)39-22-15-13-21(14-16-22)32-29(34)27-25(37-2)10-7-11-26(27)38-3/h4-18,28H,1-3H3,(H,32,34)(H,33,35). The molecule has 0 radical (unpaired) electrons. The van der Waals surface area contributed by atoms with Crippen LogP contribution >= 0.6 is 23.4 Å². The zero-order valence-corrected chi connectivity index (χ0v) is 23.1. The van der Waals surface area contributed by atoms with Gasteiger partial charge in [0, 0.05) is 15.6 Å². The van der Waals surface area contributed by atoms with Crippen molar-refractivity contribution < 1.29 is 23.8 Å². The number of thioether (sulfide) groups is 1. The van der Waals surface area contributed by atoms with E-state index in [1.54, 1.807) is 48.5 Å². The summed E-state index contributed by atoms with van der Waals surface area (Å²) in [6.45, 7) is 0. The van der Waals surface area contributed by atoms with Gasteiger partial charge in [-0.2, -0.15) is 0 Å². The molecule has 0 aliphatic rings. The highest BCUT2D eigenvalue weighted by atomic mass is 35.5. The molecule has 4 aromatic rings. The summed E-state index contributed by atoms with van der Waals surface area (Å²) in [6, 6.07) is 27.0. The minimum Gasteiger partial charge on any atom is -0.496 e. The van der Waals surface area contributed by atoms with Gasteiger partial charge in [-0.3, -0.25) is 9.59 Å². The predicted octanol–water partition coefficient (Wildman–Crippen LogP) is 7.09. The molecule has 1 atom stereocenters. The number of nitrogens with one attached hydrogen (secondary N) is 2. The molecule has 39 heavy (non-hydrogen) atoms. The zero-order valence-electron chi connectivity index (χ0n) is 21.6. The van der Waals surface area contributed by atoms with Gasteiger partial charge in [0.25, 0.3) is 5.91 Å². The molecule has 2 N–H and O–H groups in total. The van der Waals surface area contributed by atoms with Crippen LogP contribution in [-0.4, -0.2) is 33.1 Å². The fourth-order valence-corrected chi connectivity index (χ4v) is 5.10. The van der Waals surface area contributed by atoms with Crippen LogP contribution in [0.3, 0.4) is 0 Å². The highest BCUT2D eigenvalue weighted by molar-refractivity contribution is 8.00. The van der Waals surface area contributed by atoms with E-state index in [1.165, 1.54) is 33.1 Å². The molecule has 0 saturated carbocycles. The molecule has 0 aromatic heterocycles. The van der Waals surface area contributed by atoms with E-state index in [1.807, 2.05) is 42.5 Å². The quantitative estimate of drug-likeness (QED) is 0.201. The summed E-state index contributed by atoms with van der Waals surface area (Å²) in [6.07, 6.45) is 0. The Bertz CT molecular complexity index is 1430. The number of carbonyl (C=O) groups excluding carboxylic acids is 2. The van der Waals surface area contributed by atoms with Crippen LogP contribution < -0.4 is 24.8 Å². The van der Waals surface area contributed by atoms with E-state index in [4.69, 9.17) is 25.8 Å². The molecule has 0 aliphatic heterocycles. The fourth-order valence-electron chi connectivity index (χ4n) is 3.90. The average molecular weight is 563 g/mol. The van der Waals surface area contributed by atoms with Crippen molar-refractivity contribution in [3.8, 4) is 17.2 Å². The predicted molar refractivity (Wildman–Crippen MR) is 156 cm³/mol. The lowest BCUT2D eigenvalue weighted by atomic mass is 10.1. The van der Waals surface area contributed by atoms with Crippen LogP contribution in [0.4, 0.5) is 11.4 Å². The van der Waals surface area contributed by atoms with Crippen LogP contribution in [0.25, 0.3) is 0 Å². The maximum absolute atomic E-state index is 13.5. The number of hydrogen-bond acceptors (Lipinski definition) is 6. The Hall–Kier alpha value is -4.14. The molecule has 200 valence electrons. The van der Waals surface area contributed by atoms with E-state index in [-0.39, 0.29) is 11.8 Å². The lowest BCUT2D eigenvalue weighted by Crippen LogP contribution is -2.19. The van der Waals surface area contributed by atoms with Gasteiger partial charge in [-0.25, -0.2) is 0 Å². The summed E-state index contributed by atoms with van der Waals surface area (Å²) in [7, 11) is 4.53. The molecule has 0 spiro atoms. The van der Waals surface area contributed by atoms with Gasteiger partial charge in [0.1, 0.15) is 28.1 Å². The monoisotopic (exact) mass is 562 g/mol. The van der Waals surface area contributed by atoms with Crippen molar-refractivity contribution >= 4 is 46.6 Å². The van der Waals surface area contributed by atoms with Gasteiger partial charge in [0.15, 0.2) is 0 Å². The first kappa shape index (κ1) is 27.9. The second-order valence-electron chi connectivity index (χ2n) is 8.26. The second-order valence-corrected chi connectivity index (χ2v) is 9.87. The van der Waals surface area contributed by atoms with E-state index in [9.17, 15) is 9.59 Å². The largest absolute Gasteiger partial charge is 0.496 e. The van der Waals surface area contributed by atoms with Crippen LogP contribution in [0.2, 0.25) is 5.02 Å². The lowest BCUT2D eigenvalue weighted by molar-refractivity contribution is -0.115. The van der Waals surface area contributed by atoms with Crippen molar-refractivity contribution in [3.63, 3.8) is 0 Å². The molecule has 0 fully saturated rings. The highest BCUT2D eigenvalue weighted by Gasteiger charge is 2.24. The van der Waals surface area contributed by atoms with Crippen molar-refractivity contribution in [3.05, 3.63) is 107 Å². The molecule has 4 aromatic carbocycles. The topological polar surface area (TPSA) is 85.9 Å². The summed E-state index contributed by atoms with van der Waals surface area (Å²) in [4.78, 5) is 27.3. The van der Waals surface area contributed by atoms with E-state index >= 15 is 0 Å². The molecule has 0 aliphatic carbocycles. The summed E-state index contributed by atoms with van der Waals surface area (Å²) in [5.41, 5.74) is 2.21. The van der Waals surface area contributed by atoms with E-state index in [2.05, 4.69) is 10.6 Å². The summed E-state index contributed by atoms with van der Waals surface area (Å²) < 4.78 is 16.1. The molecule has 0 saturated heterocycles. The van der Waals surface area contributed by atoms with Gasteiger partial charge in [-0.15, -0.1) is 11.8 Å². The first-order valence-electron chi connectivity index (χ1n) is 11.9. The average Bonchev–Trinajstić information content (AvgIpc) is 2.96. The number of hydrogen-bond donors (Lipinski definition) is 2. The molecule has 0 heterocycles. The number of rotatable bonds is 10. The van der Waals surface area contributed by atoms with E-state index in [0.717, 1.165) is 10.5 Å². The maximum Gasteiger partial charge on any atom is 0.263 e. The fraction of sp³-hybridized carbons (Fsp3) is 0.133. The molecular formula is C30H27ClN2O5S. The van der Waals surface area contributed by atoms with Crippen LogP contribution in [0.15, 0.2) is 95.9 Å². The van der Waals surface area contributed by atoms with Crippen LogP contribution in [-0.2, 0) is 4.79 Å². The van der Waals surface area contributed by atoms with Gasteiger partial charge in [-0.05, 0) is 60.2 Å². The summed E-state index contributed by atoms with van der Waals surface area (Å²) in [5, 5.41) is 5.75. The van der Waals surface area contributed by atoms with Crippen molar-refractivity contribution in [2.45, 2.75) is 10.1 Å². The van der Waals surface area contributed by atoms with E-state index < -0.39 is 5.25 Å². The Labute approximate surface area is 236 Å². The molecule has 4 rings (SSSR count). The number of anilines is 2. The number of benzene rings is 4. The smallest absolute Gasteiger partial charge is 0.263 e. The SMILES string of the molecule is COc1ccc(Cl)cc1NC(=O)C(Sc1ccc(NC(=O)c2c(OC)cccc2OC)cc1)c1ccccc1. The van der Waals surface area contributed by atoms with Gasteiger partial charge < -0.3 is 24.8 Å². The Morgan fingerprint density at radius 1 is 0.744 bits per heavy atom. The summed E-state index contributed by atoms with van der Waals surface area (Å²) >= 11 is 7.54. The molecule has 9 heteroatoms. The van der Waals surface area contributed by atoms with Crippen molar-refractivity contribution in [2.75, 3.05) is 32.0 Å². The van der Waals surface area contributed by atoms with Gasteiger partial charge >= 0.3 is 0 Å². The van der Waals surface area contributed by atoms with Crippen LogP contribution in [0, 0.1) is 0 Å². The first-order valence-corrected chi connectivity index (χ1v) is 13.2. The molecular weight excluding hydrogens is 536 g/mol. The summed E-state index contributed by atoms with van der Waals surface area (Å²) in [5.74, 6) is 0.740. The zero-order chi connectivity index (χ0) is 27.8. The number of carbonyl (C=O) groups is 2. The Kier molecular flexibility index (Phi) is 9.35. The van der Waals surface area contributed by atoms with Crippen LogP contribution in [0.1, 0.15) is 21.2 Å². The van der Waals surface area contributed by atoms with Crippen molar-refractivity contribution in [2.24, 2.45) is 0 Å². The Morgan fingerprint density at radius 3 is 2.00 bits per heavy atom. The van der Waals surface area contributed by atoms with Crippen LogP contribution in [0.5, 0.6) is 17.2 Å². The minimum atomic E-state index is -0.562. The molecule has 7 nitrogen and oxygen atoms in total. The van der Waals surface area contributed by atoms with E-state index in [0.29, 0.717) is 39.2 Å². The lowest BCUT2D eigenvalue weighted by Gasteiger charge is -2.19. The highest BCUT2D eigenvalue weighted by Crippen LogP contribution is 2.38. The van der Waals surface area contributed by atoms with Gasteiger partial charge in [0.05, 0.1) is 27.0 Å². The second kappa shape index (κ2) is 13.1. The molecule has 0 bridgehead atoms. The number of halogens is 1. The first-order chi connectivity index (χ1) is 18.9. The normalized spacial score (nSPS) is 11.3. The minimum absolute atomic E-state index is 0.229. The van der Waals surface area contributed by atoms with Gasteiger partial charge in [-0.1, -0.05) is 48.0 Å². The number of ether oxygens (including phenoxy) is 3. The third kappa shape index (κ3) is 6.85. The third-order valence-electron chi connectivity index (χ3n) is 5.78. The third-order valence-corrected chi connectivity index (χ3v) is 7.28. The number of methoxy groups -OCH3 is 3. The Morgan fingerprint density at radius 2 is 1.38 bits per heavy atom. The molecule has 1 unspecified atom stereocenters. The molecule has 2 amide bonds. The maximum atomic E-state index is 13.5. The number of amides is 2. The Balaban J connectivity index is 1.53. The van der Waals surface area contributed by atoms with Crippen molar-refractivity contribution in [1.29, 1.82) is 0 Å². The van der Waals surface area contributed by atoms with Crippen molar-refractivity contribution in [1.82, 2.24) is 0 Å². The van der Waals surface area contributed by atoms with Gasteiger partial charge in [0.2, 0.25) is 5.91 Å².